The number of hydrogen-bond acceptors (Lipinski definition) is 17. The second-order valence-corrected chi connectivity index (χ2v) is 15.2. The molecule has 4 aromatic carbocycles. The summed E-state index contributed by atoms with van der Waals surface area (Å²) in [5, 5.41) is 55.5. The molecule has 0 saturated carbocycles. The summed E-state index contributed by atoms with van der Waals surface area (Å²) < 4.78 is 91.4. The molecule has 16 N–H and O–H groups in total. The minimum Gasteiger partial charge on any atom is -0.491 e. The topological polar surface area (TPSA) is 491 Å². The van der Waals surface area contributed by atoms with Gasteiger partial charge in [-0.15, -0.1) is 0 Å². The van der Waals surface area contributed by atoms with Gasteiger partial charge in [-0.2, -0.15) is 26.3 Å². The fourth-order valence-electron chi connectivity index (χ4n) is 5.44. The van der Waals surface area contributed by atoms with Crippen molar-refractivity contribution in [2.24, 2.45) is 32.9 Å². The first-order valence-corrected chi connectivity index (χ1v) is 21.7. The van der Waals surface area contributed by atoms with Crippen LogP contribution in [0.1, 0.15) is 54.3 Å². The van der Waals surface area contributed by atoms with Gasteiger partial charge in [-0.1, -0.05) is 0 Å². The maximum atomic E-state index is 13.1. The number of nitrogens with two attached hydrogens (primary N) is 4. The molecule has 0 radical (unpaired) electrons. The summed E-state index contributed by atoms with van der Waals surface area (Å²) in [6.07, 6.45) is -12.0. The predicted octanol–water partition coefficient (Wildman–Crippen LogP) is 1.99. The minimum atomic E-state index is -5.08. The van der Waals surface area contributed by atoms with Crippen LogP contribution in [0.4, 0.5) is 37.7 Å². The lowest BCUT2D eigenvalue weighted by molar-refractivity contribution is -0.193. The summed E-state index contributed by atoms with van der Waals surface area (Å²) in [5.41, 5.74) is 21.8. The number of carbonyl (C=O) groups is 10. The molecule has 0 aliphatic rings. The molecule has 4 aromatic rings. The second-order valence-electron chi connectivity index (χ2n) is 15.2. The molecule has 2 atom stereocenters. The van der Waals surface area contributed by atoms with E-state index in [0.717, 1.165) is 12.1 Å². The Hall–Kier alpha value is -10.7. The molecule has 0 spiro atoms. The molecule has 81 heavy (non-hydrogen) atoms. The molecule has 0 aliphatic carbocycles. The number of halogens is 6. The number of carboxylic acids is 6. The first kappa shape index (κ1) is 66.4. The molecule has 35 heteroatoms. The number of amides is 2. The van der Waals surface area contributed by atoms with Crippen LogP contribution in [-0.2, 0) is 33.5 Å². The van der Waals surface area contributed by atoms with Gasteiger partial charge in [-0.3, -0.25) is 19.2 Å². The Kier molecular flexibility index (Phi) is 25.3. The van der Waals surface area contributed by atoms with E-state index in [1.54, 1.807) is 0 Å². The lowest BCUT2D eigenvalue weighted by Gasteiger charge is -2.15. The van der Waals surface area contributed by atoms with Gasteiger partial charge in [0.1, 0.15) is 48.3 Å². The van der Waals surface area contributed by atoms with E-state index in [1.807, 2.05) is 0 Å². The quantitative estimate of drug-likeness (QED) is 0.0119. The van der Waals surface area contributed by atoms with Gasteiger partial charge in [0.15, 0.2) is 11.9 Å². The largest absolute Gasteiger partial charge is 0.491 e. The van der Waals surface area contributed by atoms with Gasteiger partial charge < -0.3 is 87.9 Å². The highest BCUT2D eigenvalue weighted by atomic mass is 19.4. The summed E-state index contributed by atoms with van der Waals surface area (Å²) in [5.74, 6) is -16.6. The van der Waals surface area contributed by atoms with Crippen molar-refractivity contribution in [3.8, 4) is 23.0 Å². The zero-order chi connectivity index (χ0) is 61.4. The average Bonchev–Trinajstić information content (AvgIpc) is 3.35. The number of aliphatic carboxylic acids is 6. The number of aliphatic imine (C=N–C) groups is 2. The molecular formula is C46H44F6N8O21. The molecular weight excluding hydrogens is 1110 g/mol. The molecule has 2 unspecified atom stereocenters. The zero-order valence-electron chi connectivity index (χ0n) is 40.8. The SMILES string of the molecule is NC(N)=Nc1ccc(C(=O)Oc2cc(OCCOCCOc3cc(OC(=O)c4ccc(N=C(N)N)cc4)cc(C(=O)NC(CC(=O)O)C(=O)O)c3)cc(C(=O)NC(CC(=O)O)C(=O)O)c2)cc1.O=C(O)C(F)(F)F.O=C(O)C(F)(F)F. The first-order chi connectivity index (χ1) is 37.6. The van der Waals surface area contributed by atoms with Crippen LogP contribution in [0, 0.1) is 0 Å². The Balaban J connectivity index is 0.00000141. The Morgan fingerprint density at radius 1 is 0.457 bits per heavy atom. The second kappa shape index (κ2) is 30.9. The van der Waals surface area contributed by atoms with Crippen LogP contribution in [-0.4, -0.2) is 153 Å². The number of carboxylic acid groups (broad SMARTS) is 6. The molecule has 0 bridgehead atoms. The van der Waals surface area contributed by atoms with Crippen molar-refractivity contribution in [2.45, 2.75) is 37.3 Å². The predicted molar refractivity (Wildman–Crippen MR) is 258 cm³/mol. The number of nitrogens with one attached hydrogen (secondary N) is 2. The van der Waals surface area contributed by atoms with E-state index in [2.05, 4.69) is 20.6 Å². The first-order valence-electron chi connectivity index (χ1n) is 21.7. The number of benzene rings is 4. The van der Waals surface area contributed by atoms with E-state index in [9.17, 15) is 74.9 Å². The fraction of sp³-hybridized carbons (Fsp3) is 0.217. The van der Waals surface area contributed by atoms with Crippen LogP contribution in [0.15, 0.2) is 94.9 Å². The van der Waals surface area contributed by atoms with Crippen molar-refractivity contribution in [1.29, 1.82) is 0 Å². The minimum absolute atomic E-state index is 0.0526. The van der Waals surface area contributed by atoms with Gasteiger partial charge in [0.2, 0.25) is 0 Å². The van der Waals surface area contributed by atoms with Crippen molar-refractivity contribution in [2.75, 3.05) is 26.4 Å². The van der Waals surface area contributed by atoms with E-state index in [-0.39, 0.29) is 83.6 Å². The van der Waals surface area contributed by atoms with Gasteiger partial charge >= 0.3 is 60.1 Å². The summed E-state index contributed by atoms with van der Waals surface area (Å²) in [7, 11) is 0. The van der Waals surface area contributed by atoms with Crippen molar-refractivity contribution in [1.82, 2.24) is 10.6 Å². The summed E-state index contributed by atoms with van der Waals surface area (Å²) in [4.78, 5) is 123. The molecule has 0 aliphatic heterocycles. The number of esters is 2. The van der Waals surface area contributed by atoms with Crippen LogP contribution < -0.4 is 52.5 Å². The number of hydrogen-bond donors (Lipinski definition) is 12. The number of nitrogens with zero attached hydrogens (tertiary/aromatic N) is 2. The molecule has 436 valence electrons. The van der Waals surface area contributed by atoms with Gasteiger partial charge in [0.25, 0.3) is 11.8 Å². The average molecular weight is 1160 g/mol. The van der Waals surface area contributed by atoms with Crippen molar-refractivity contribution in [3.63, 3.8) is 0 Å². The number of rotatable bonds is 24. The number of alkyl halides is 6. The highest BCUT2D eigenvalue weighted by molar-refractivity contribution is 6.00. The van der Waals surface area contributed by atoms with E-state index < -0.39 is 96.8 Å². The Bertz CT molecular complexity index is 2800. The van der Waals surface area contributed by atoms with Crippen LogP contribution in [0.5, 0.6) is 23.0 Å². The smallest absolute Gasteiger partial charge is 0.490 e. The van der Waals surface area contributed by atoms with E-state index >= 15 is 0 Å². The molecule has 0 heterocycles. The monoisotopic (exact) mass is 1160 g/mol. The molecule has 0 aromatic heterocycles. The Labute approximate surface area is 448 Å². The van der Waals surface area contributed by atoms with E-state index in [0.29, 0.717) is 11.4 Å². The third kappa shape index (κ3) is 25.3. The molecule has 0 fully saturated rings. The lowest BCUT2D eigenvalue weighted by Crippen LogP contribution is -2.42. The molecule has 2 amide bonds. The summed E-state index contributed by atoms with van der Waals surface area (Å²) >= 11 is 0. The summed E-state index contributed by atoms with van der Waals surface area (Å²) in [6, 6.07) is 14.6. The van der Waals surface area contributed by atoms with Gasteiger partial charge in [-0.05, 0) is 72.8 Å². The summed E-state index contributed by atoms with van der Waals surface area (Å²) in [6.45, 7) is -0.620. The van der Waals surface area contributed by atoms with Gasteiger partial charge in [0.05, 0.1) is 48.6 Å². The van der Waals surface area contributed by atoms with Gasteiger partial charge in [-0.25, -0.2) is 38.8 Å². The molecule has 29 nitrogen and oxygen atoms in total. The zero-order valence-corrected chi connectivity index (χ0v) is 40.8. The Morgan fingerprint density at radius 3 is 1.01 bits per heavy atom. The highest BCUT2D eigenvalue weighted by Crippen LogP contribution is 2.27. The highest BCUT2D eigenvalue weighted by Gasteiger charge is 2.39. The number of carbonyl (C=O) groups excluding carboxylic acids is 4. The van der Waals surface area contributed by atoms with E-state index in [4.69, 9.17) is 76.6 Å². The standard InChI is InChI=1S/C42H42N8O17.2C2HF3O2/c43-41(44)47-25-5-1-21(2-6-25)39(61)66-29-15-23(35(55)49-31(37(57)58)19-33(51)52)13-27(17-29)64-11-9-63-10-12-65-28-14-24(36(56)50-32(38(59)60)20-34(53)54)16-30(18-28)67-40(62)22-3-7-26(8-4-22)48-42(45)46;2*3-2(4,5)1(6)7/h1-8,13-18,31-32H,9-12,19-20H2,(H,49,55)(H,50,56)(H,51,52)(H,53,54)(H,57,58)(H,59,60)(H4,43,44,47)(H4,45,46,48);2*(H,6,7). The third-order valence-corrected chi connectivity index (χ3v) is 8.87. The van der Waals surface area contributed by atoms with Crippen LogP contribution in [0.2, 0.25) is 0 Å². The normalized spacial score (nSPS) is 11.3. The van der Waals surface area contributed by atoms with Crippen LogP contribution >= 0.6 is 0 Å². The number of ether oxygens (including phenoxy) is 5. The van der Waals surface area contributed by atoms with Crippen LogP contribution in [0.3, 0.4) is 0 Å². The van der Waals surface area contributed by atoms with Crippen molar-refractivity contribution < 1.29 is 129 Å². The fourth-order valence-corrected chi connectivity index (χ4v) is 5.44. The molecule has 0 saturated heterocycles. The Morgan fingerprint density at radius 2 is 0.753 bits per heavy atom. The van der Waals surface area contributed by atoms with E-state index in [1.165, 1.54) is 72.8 Å². The maximum absolute atomic E-state index is 13.1. The van der Waals surface area contributed by atoms with Gasteiger partial charge in [0, 0.05) is 23.3 Å². The van der Waals surface area contributed by atoms with Crippen molar-refractivity contribution in [3.05, 3.63) is 107 Å². The third-order valence-electron chi connectivity index (χ3n) is 8.87. The van der Waals surface area contributed by atoms with Crippen molar-refractivity contribution >= 4 is 82.9 Å². The maximum Gasteiger partial charge on any atom is 0.490 e. The number of guanidine groups is 2. The van der Waals surface area contributed by atoms with Crippen LogP contribution in [0.25, 0.3) is 0 Å². The molecule has 4 rings (SSSR count). The lowest BCUT2D eigenvalue weighted by atomic mass is 10.1.